The van der Waals surface area contributed by atoms with Crippen LogP contribution in [0.4, 0.5) is 0 Å². The van der Waals surface area contributed by atoms with E-state index in [1.807, 2.05) is 19.2 Å². The smallest absolute Gasteiger partial charge is 0.255 e. The van der Waals surface area contributed by atoms with Gasteiger partial charge in [0.05, 0.1) is 27.8 Å². The number of aromatic amines is 1. The molecule has 1 aromatic heterocycles. The number of rotatable bonds is 8. The first-order valence-corrected chi connectivity index (χ1v) is 14.7. The van der Waals surface area contributed by atoms with Gasteiger partial charge in [-0.05, 0) is 51.0 Å². The highest BCUT2D eigenvalue weighted by Crippen LogP contribution is 2.54. The highest BCUT2D eigenvalue weighted by molar-refractivity contribution is 7.98. The summed E-state index contributed by atoms with van der Waals surface area (Å²) in [5.74, 6) is -1.94. The van der Waals surface area contributed by atoms with Gasteiger partial charge in [-0.15, -0.1) is 11.8 Å². The van der Waals surface area contributed by atoms with Gasteiger partial charge in [0.1, 0.15) is 0 Å². The van der Waals surface area contributed by atoms with Crippen LogP contribution in [0.5, 0.6) is 17.2 Å². The Balaban J connectivity index is 1.37. The van der Waals surface area contributed by atoms with Gasteiger partial charge >= 0.3 is 0 Å². The third-order valence-electron chi connectivity index (χ3n) is 8.14. The molecule has 2 aliphatic heterocycles. The number of methoxy groups -OCH3 is 2. The number of pyridine rings is 1. The molecule has 39 heavy (non-hydrogen) atoms. The molecule has 1 aliphatic carbocycles. The van der Waals surface area contributed by atoms with Crippen LogP contribution in [0.1, 0.15) is 58.3 Å². The molecule has 2 N–H and O–H groups in total. The maximum atomic E-state index is 13.4. The zero-order chi connectivity index (χ0) is 30.4. The van der Waals surface area contributed by atoms with Crippen molar-refractivity contribution >= 4 is 29.3 Å². The first-order valence-electron chi connectivity index (χ1n) is 14.6. The van der Waals surface area contributed by atoms with Crippen LogP contribution in [0.15, 0.2) is 21.8 Å². The zero-order valence-electron chi connectivity index (χ0n) is 25.5. The van der Waals surface area contributed by atoms with Crippen molar-refractivity contribution in [1.29, 1.82) is 0 Å². The first kappa shape index (κ1) is 24.4. The molecule has 1 saturated heterocycles. The van der Waals surface area contributed by atoms with Gasteiger partial charge in [0.2, 0.25) is 5.75 Å². The number of hydrogen-bond acceptors (Lipinski definition) is 8. The van der Waals surface area contributed by atoms with E-state index in [4.69, 9.17) is 34.7 Å². The van der Waals surface area contributed by atoms with Crippen molar-refractivity contribution in [2.75, 3.05) is 33.5 Å². The Labute approximate surface area is 242 Å². The molecule has 0 radical (unpaired) electrons. The number of carbonyl (C=O) groups is 1. The average Bonchev–Trinajstić information content (AvgIpc) is 3.27. The van der Waals surface area contributed by atoms with Gasteiger partial charge in [-0.2, -0.15) is 0 Å². The summed E-state index contributed by atoms with van der Waals surface area (Å²) in [4.78, 5) is 31.9. The summed E-state index contributed by atoms with van der Waals surface area (Å²) in [6.45, 7) is 5.38. The van der Waals surface area contributed by atoms with Crippen molar-refractivity contribution in [2.24, 2.45) is 5.92 Å². The fraction of sp³-hybridized carbons (Fsp3) is 0.571. The van der Waals surface area contributed by atoms with E-state index in [1.54, 1.807) is 14.0 Å². The first-order chi connectivity index (χ1) is 19.8. The molecule has 0 spiro atoms. The zero-order valence-corrected chi connectivity index (χ0v) is 24.1. The molecular weight excluding hydrogens is 542 g/mol. The number of thioether (sulfide) groups is 1. The van der Waals surface area contributed by atoms with Crippen LogP contribution in [0.2, 0.25) is 5.02 Å². The number of fused-ring (bicyclic) bond motifs is 1. The number of carbonyl (C=O) groups excluding carboxylic acids is 1. The maximum absolute atomic E-state index is 13.4. The van der Waals surface area contributed by atoms with Crippen molar-refractivity contribution in [2.45, 2.75) is 68.9 Å². The lowest BCUT2D eigenvalue weighted by atomic mass is 9.80. The van der Waals surface area contributed by atoms with E-state index in [2.05, 4.69) is 15.2 Å². The third kappa shape index (κ3) is 5.36. The Morgan fingerprint density at radius 1 is 1.28 bits per heavy atom. The lowest BCUT2D eigenvalue weighted by molar-refractivity contribution is -0.130. The van der Waals surface area contributed by atoms with Gasteiger partial charge < -0.3 is 29.2 Å². The number of nitrogens with zero attached hydrogens (tertiary/aromatic N) is 1. The molecule has 0 bridgehead atoms. The summed E-state index contributed by atoms with van der Waals surface area (Å²) in [5, 5.41) is 2.80. The molecule has 1 saturated carbocycles. The molecule has 3 aliphatic rings. The van der Waals surface area contributed by atoms with E-state index in [0.717, 1.165) is 43.7 Å². The quantitative estimate of drug-likeness (QED) is 0.444. The van der Waals surface area contributed by atoms with Gasteiger partial charge in [-0.25, -0.2) is 0 Å². The van der Waals surface area contributed by atoms with Gasteiger partial charge in [0, 0.05) is 61.8 Å². The normalized spacial score (nSPS) is 26.3. The fourth-order valence-corrected chi connectivity index (χ4v) is 6.76. The second kappa shape index (κ2) is 11.2. The molecule has 1 atom stereocenters. The van der Waals surface area contributed by atoms with E-state index < -0.39 is 18.7 Å². The molecule has 212 valence electrons. The van der Waals surface area contributed by atoms with Gasteiger partial charge in [0.25, 0.3) is 17.3 Å². The summed E-state index contributed by atoms with van der Waals surface area (Å²) >= 11 is 7.98. The largest absolute Gasteiger partial charge is 0.492 e. The van der Waals surface area contributed by atoms with E-state index in [1.165, 1.54) is 17.8 Å². The number of H-pyrrole nitrogens is 1. The molecule has 2 aromatic rings. The number of aryl methyl sites for hydroxylation is 1. The number of amides is 1. The van der Waals surface area contributed by atoms with Crippen molar-refractivity contribution in [3.05, 3.63) is 44.3 Å². The van der Waals surface area contributed by atoms with E-state index in [9.17, 15) is 9.59 Å². The molecule has 1 amide bonds. The predicted molar refractivity (Wildman–Crippen MR) is 151 cm³/mol. The van der Waals surface area contributed by atoms with Crippen molar-refractivity contribution < 1.29 is 27.9 Å². The summed E-state index contributed by atoms with van der Waals surface area (Å²) in [7, 11) is -1.14. The van der Waals surface area contributed by atoms with Crippen molar-refractivity contribution in [1.82, 2.24) is 15.2 Å². The minimum atomic E-state index is -2.88. The monoisotopic (exact) mass is 580 g/mol. The average molecular weight is 581 g/mol. The second-order valence-corrected chi connectivity index (χ2v) is 11.8. The van der Waals surface area contributed by atoms with Gasteiger partial charge in [0.15, 0.2) is 11.5 Å². The van der Waals surface area contributed by atoms with Crippen molar-refractivity contribution in [3.63, 3.8) is 0 Å². The molecule has 11 heteroatoms. The fourth-order valence-electron chi connectivity index (χ4n) is 5.82. The summed E-state index contributed by atoms with van der Waals surface area (Å²) < 4.78 is 46.6. The maximum Gasteiger partial charge on any atom is 0.255 e. The SMILES string of the molecule is [2H]C([2H])([2H])Oc1c(C(=O)NCc2c(SC)cc(C)[nH]c2=O)cc(Cl)c2c1O[C@@](C)(C1CCC(N3CC(OC)C3)CC1)O2. The Morgan fingerprint density at radius 2 is 2.00 bits per heavy atom. The number of halogens is 1. The lowest BCUT2D eigenvalue weighted by Gasteiger charge is -2.47. The van der Waals surface area contributed by atoms with Crippen LogP contribution in [0.25, 0.3) is 0 Å². The Kier molecular flexibility index (Phi) is 7.03. The van der Waals surface area contributed by atoms with Gasteiger partial charge in [-0.1, -0.05) is 11.6 Å². The Morgan fingerprint density at radius 3 is 2.67 bits per heavy atom. The van der Waals surface area contributed by atoms with Gasteiger partial charge in [-0.3, -0.25) is 14.5 Å². The number of likely N-dealkylation sites (tertiary alicyclic amines) is 1. The van der Waals surface area contributed by atoms with Crippen LogP contribution in [-0.4, -0.2) is 67.2 Å². The standard InChI is InChI=1S/C28H36ClN3O6S/c1-15-10-22(39-5)20(27(34)31-15)12-30-26(33)19-11-21(29)24-25(23(19)36-4)38-28(2,37-24)16-6-8-17(9-7-16)32-13-18(14-32)35-3/h10-11,16-18H,6-9,12-14H2,1-5H3,(H,30,33)(H,31,34)/t16?,17?,28-/m0/s1/i4D3. The topological polar surface area (TPSA) is 102 Å². The van der Waals surface area contributed by atoms with Crippen molar-refractivity contribution in [3.8, 4) is 17.2 Å². The predicted octanol–water partition coefficient (Wildman–Crippen LogP) is 4.37. The van der Waals surface area contributed by atoms with Crippen LogP contribution >= 0.6 is 23.4 Å². The minimum Gasteiger partial charge on any atom is -0.492 e. The number of aromatic nitrogens is 1. The molecule has 2 fully saturated rings. The van der Waals surface area contributed by atoms with Crippen LogP contribution < -0.4 is 25.1 Å². The second-order valence-electron chi connectivity index (χ2n) is 10.5. The van der Waals surface area contributed by atoms with Crippen LogP contribution in [0, 0.1) is 12.8 Å². The molecule has 1 aromatic carbocycles. The highest BCUT2D eigenvalue weighted by atomic mass is 35.5. The molecule has 0 unspecified atom stereocenters. The van der Waals surface area contributed by atoms with Crippen LogP contribution in [0.3, 0.4) is 0 Å². The molecule has 9 nitrogen and oxygen atoms in total. The molecular formula is C28H36ClN3O6S. The number of benzene rings is 1. The molecule has 5 rings (SSSR count). The Hall–Kier alpha value is -2.40. The minimum absolute atomic E-state index is 0.00725. The highest BCUT2D eigenvalue weighted by Gasteiger charge is 2.49. The lowest BCUT2D eigenvalue weighted by Crippen LogP contribution is -2.57. The molecule has 3 heterocycles. The summed E-state index contributed by atoms with van der Waals surface area (Å²) in [6.07, 6.45) is 5.75. The third-order valence-corrected chi connectivity index (χ3v) is 9.23. The number of nitrogens with one attached hydrogen (secondary N) is 2. The van der Waals surface area contributed by atoms with E-state index in [-0.39, 0.29) is 45.9 Å². The Bertz CT molecular complexity index is 1410. The number of ether oxygens (including phenoxy) is 4. The summed E-state index contributed by atoms with van der Waals surface area (Å²) in [5.41, 5.74) is 0.629. The van der Waals surface area contributed by atoms with E-state index in [0.29, 0.717) is 23.4 Å². The number of hydrogen-bond donors (Lipinski definition) is 2. The van der Waals surface area contributed by atoms with E-state index >= 15 is 0 Å². The summed E-state index contributed by atoms with van der Waals surface area (Å²) in [6, 6.07) is 3.61. The van der Waals surface area contributed by atoms with Crippen LogP contribution in [-0.2, 0) is 11.3 Å².